The Labute approximate surface area is 171 Å². The largest absolute Gasteiger partial charge is 0.464 e. The van der Waals surface area contributed by atoms with E-state index in [4.69, 9.17) is 9.15 Å². The van der Waals surface area contributed by atoms with Crippen molar-refractivity contribution >= 4 is 28.9 Å². The molecule has 1 aromatic heterocycles. The zero-order chi connectivity index (χ0) is 21.3. The van der Waals surface area contributed by atoms with Gasteiger partial charge in [0.05, 0.1) is 23.3 Å². The fourth-order valence-electron chi connectivity index (χ4n) is 3.56. The molecule has 154 valence electrons. The van der Waals surface area contributed by atoms with Gasteiger partial charge in [-0.25, -0.2) is 9.59 Å². The van der Waals surface area contributed by atoms with Gasteiger partial charge in [-0.3, -0.25) is 19.1 Å². The lowest BCUT2D eigenvalue weighted by Gasteiger charge is -2.14. The molecule has 2 heterocycles. The molecular weight excluding hydrogens is 388 g/mol. The summed E-state index contributed by atoms with van der Waals surface area (Å²) in [7, 11) is 0. The highest BCUT2D eigenvalue weighted by Crippen LogP contribution is 2.23. The Morgan fingerprint density at radius 3 is 2.30 bits per heavy atom. The van der Waals surface area contributed by atoms with Gasteiger partial charge in [-0.1, -0.05) is 24.3 Å². The number of aromatic nitrogens is 1. The second-order valence-corrected chi connectivity index (χ2v) is 7.06. The molecular formula is C22H20N2O6. The van der Waals surface area contributed by atoms with E-state index in [1.807, 2.05) is 0 Å². The number of hydrogen-bond donors (Lipinski definition) is 0. The molecule has 1 aliphatic rings. The molecule has 2 aromatic carbocycles. The van der Waals surface area contributed by atoms with Crippen LogP contribution in [0, 0.1) is 0 Å². The van der Waals surface area contributed by atoms with Gasteiger partial charge in [0.1, 0.15) is 6.04 Å². The normalized spacial score (nSPS) is 14.2. The van der Waals surface area contributed by atoms with Gasteiger partial charge in [-0.15, -0.1) is 0 Å². The predicted molar refractivity (Wildman–Crippen MR) is 107 cm³/mol. The van der Waals surface area contributed by atoms with Crippen LogP contribution in [0.25, 0.3) is 11.1 Å². The fraction of sp³-hybridized carbons (Fsp3) is 0.273. The summed E-state index contributed by atoms with van der Waals surface area (Å²) in [4.78, 5) is 50.3. The van der Waals surface area contributed by atoms with E-state index in [0.29, 0.717) is 35.1 Å². The van der Waals surface area contributed by atoms with Gasteiger partial charge < -0.3 is 9.15 Å². The molecule has 1 unspecified atom stereocenters. The number of fused-ring (bicyclic) bond motifs is 2. The molecule has 8 nitrogen and oxygen atoms in total. The summed E-state index contributed by atoms with van der Waals surface area (Å²) in [6.07, 6.45) is 0.981. The quantitative estimate of drug-likeness (QED) is 0.339. The minimum Gasteiger partial charge on any atom is -0.464 e. The molecule has 1 aliphatic heterocycles. The third-order valence-corrected chi connectivity index (χ3v) is 5.15. The Kier molecular flexibility index (Phi) is 5.22. The van der Waals surface area contributed by atoms with Gasteiger partial charge in [0.25, 0.3) is 11.8 Å². The van der Waals surface area contributed by atoms with Crippen molar-refractivity contribution in [3.8, 4) is 0 Å². The first-order chi connectivity index (χ1) is 14.5. The second-order valence-electron chi connectivity index (χ2n) is 7.06. The molecule has 0 fully saturated rings. The van der Waals surface area contributed by atoms with E-state index in [-0.39, 0.29) is 25.0 Å². The molecule has 0 saturated carbocycles. The molecule has 30 heavy (non-hydrogen) atoms. The van der Waals surface area contributed by atoms with E-state index >= 15 is 0 Å². The topological polar surface area (TPSA) is 98.8 Å². The van der Waals surface area contributed by atoms with E-state index < -0.39 is 17.8 Å². The van der Waals surface area contributed by atoms with Crippen LogP contribution in [0.3, 0.4) is 0 Å². The number of nitrogens with zero attached hydrogens (tertiary/aromatic N) is 2. The number of ether oxygens (including phenoxy) is 1. The number of carbonyl (C=O) groups is 3. The second kappa shape index (κ2) is 7.98. The van der Waals surface area contributed by atoms with Crippen LogP contribution < -0.4 is 5.76 Å². The SMILES string of the molecule is CC(C(=O)OCCCCN1C(=O)c2ccccc2C1=O)n1c(=O)oc2ccccc21. The maximum Gasteiger partial charge on any atom is 0.420 e. The number of unbranched alkanes of at least 4 members (excludes halogenated alkanes) is 1. The van der Waals surface area contributed by atoms with Crippen LogP contribution in [0.15, 0.2) is 57.7 Å². The summed E-state index contributed by atoms with van der Waals surface area (Å²) in [5, 5.41) is 0. The molecule has 2 amide bonds. The van der Waals surface area contributed by atoms with Crippen LogP contribution in [-0.4, -0.2) is 40.4 Å². The Bertz CT molecular complexity index is 1160. The van der Waals surface area contributed by atoms with E-state index in [1.165, 1.54) is 9.47 Å². The van der Waals surface area contributed by atoms with Crippen molar-refractivity contribution in [2.75, 3.05) is 13.2 Å². The minimum atomic E-state index is -0.836. The van der Waals surface area contributed by atoms with E-state index in [2.05, 4.69) is 0 Å². The van der Waals surface area contributed by atoms with Crippen molar-refractivity contribution in [2.45, 2.75) is 25.8 Å². The molecule has 0 radical (unpaired) electrons. The number of amides is 2. The summed E-state index contributed by atoms with van der Waals surface area (Å²) in [6.45, 7) is 1.95. The zero-order valence-corrected chi connectivity index (χ0v) is 16.4. The van der Waals surface area contributed by atoms with Crippen LogP contribution in [0.2, 0.25) is 0 Å². The summed E-state index contributed by atoms with van der Waals surface area (Å²) in [5.74, 6) is -1.77. The molecule has 0 saturated heterocycles. The van der Waals surface area contributed by atoms with Crippen LogP contribution in [-0.2, 0) is 9.53 Å². The monoisotopic (exact) mass is 408 g/mol. The smallest absolute Gasteiger partial charge is 0.420 e. The molecule has 3 aromatic rings. The van der Waals surface area contributed by atoms with Gasteiger partial charge in [0.2, 0.25) is 0 Å². The first-order valence-corrected chi connectivity index (χ1v) is 9.71. The average molecular weight is 408 g/mol. The number of hydrogen-bond acceptors (Lipinski definition) is 6. The molecule has 1 atom stereocenters. The molecule has 0 aliphatic carbocycles. The van der Waals surface area contributed by atoms with Gasteiger partial charge in [-0.2, -0.15) is 0 Å². The lowest BCUT2D eigenvalue weighted by Crippen LogP contribution is -2.31. The number of oxazole rings is 1. The number of carbonyl (C=O) groups excluding carboxylic acids is 3. The van der Waals surface area contributed by atoms with Crippen LogP contribution in [0.4, 0.5) is 0 Å². The molecule has 0 N–H and O–H groups in total. The highest BCUT2D eigenvalue weighted by molar-refractivity contribution is 6.21. The molecule has 0 bridgehead atoms. The summed E-state index contributed by atoms with van der Waals surface area (Å²) < 4.78 is 11.7. The standard InChI is InChI=1S/C22H20N2O6/c1-14(24-17-10-4-5-11-18(17)30-22(24)28)21(27)29-13-7-6-12-23-19(25)15-8-2-3-9-16(15)20(23)26/h2-5,8-11,14H,6-7,12-13H2,1H3. The number of rotatable bonds is 7. The maximum atomic E-state index is 12.4. The fourth-order valence-corrected chi connectivity index (χ4v) is 3.56. The Balaban J connectivity index is 1.28. The van der Waals surface area contributed by atoms with Crippen molar-refractivity contribution < 1.29 is 23.5 Å². The van der Waals surface area contributed by atoms with Crippen molar-refractivity contribution in [3.05, 3.63) is 70.2 Å². The van der Waals surface area contributed by atoms with E-state index in [1.54, 1.807) is 55.5 Å². The lowest BCUT2D eigenvalue weighted by atomic mass is 10.1. The summed E-state index contributed by atoms with van der Waals surface area (Å²) >= 11 is 0. The zero-order valence-electron chi connectivity index (χ0n) is 16.4. The average Bonchev–Trinajstić information content (AvgIpc) is 3.21. The molecule has 4 rings (SSSR count). The highest BCUT2D eigenvalue weighted by Gasteiger charge is 2.34. The van der Waals surface area contributed by atoms with Gasteiger partial charge in [0, 0.05) is 6.54 Å². The van der Waals surface area contributed by atoms with E-state index in [9.17, 15) is 19.2 Å². The summed E-state index contributed by atoms with van der Waals surface area (Å²) in [6, 6.07) is 12.7. The van der Waals surface area contributed by atoms with Crippen molar-refractivity contribution in [3.63, 3.8) is 0 Å². The number of imide groups is 1. The number of para-hydroxylation sites is 2. The number of esters is 1. The van der Waals surface area contributed by atoms with Crippen molar-refractivity contribution in [1.29, 1.82) is 0 Å². The van der Waals surface area contributed by atoms with E-state index in [0.717, 1.165) is 0 Å². The highest BCUT2D eigenvalue weighted by atomic mass is 16.5. The Morgan fingerprint density at radius 2 is 1.60 bits per heavy atom. The Morgan fingerprint density at radius 1 is 0.967 bits per heavy atom. The number of benzene rings is 2. The van der Waals surface area contributed by atoms with Gasteiger partial charge >= 0.3 is 11.7 Å². The molecule has 8 heteroatoms. The third-order valence-electron chi connectivity index (χ3n) is 5.15. The first-order valence-electron chi connectivity index (χ1n) is 9.71. The van der Waals surface area contributed by atoms with Crippen molar-refractivity contribution in [2.24, 2.45) is 0 Å². The van der Waals surface area contributed by atoms with Crippen LogP contribution in [0.5, 0.6) is 0 Å². The predicted octanol–water partition coefficient (Wildman–Crippen LogP) is 2.78. The van der Waals surface area contributed by atoms with Gasteiger partial charge in [-0.05, 0) is 44.0 Å². The van der Waals surface area contributed by atoms with Gasteiger partial charge in [0.15, 0.2) is 5.58 Å². The Hall–Kier alpha value is -3.68. The first kappa shape index (κ1) is 19.6. The van der Waals surface area contributed by atoms with Crippen molar-refractivity contribution in [1.82, 2.24) is 9.47 Å². The summed E-state index contributed by atoms with van der Waals surface area (Å²) in [5.41, 5.74) is 1.77. The van der Waals surface area contributed by atoms with Crippen LogP contribution in [0.1, 0.15) is 46.5 Å². The van der Waals surface area contributed by atoms with Crippen LogP contribution >= 0.6 is 0 Å². The molecule has 0 spiro atoms. The third kappa shape index (κ3) is 3.41. The minimum absolute atomic E-state index is 0.122. The maximum absolute atomic E-state index is 12.4. The lowest BCUT2D eigenvalue weighted by molar-refractivity contribution is -0.147.